The van der Waals surface area contributed by atoms with E-state index in [1.54, 1.807) is 4.88 Å². The van der Waals surface area contributed by atoms with E-state index in [0.29, 0.717) is 0 Å². The molecule has 0 amide bonds. The topological polar surface area (TPSA) is 12.9 Å². The summed E-state index contributed by atoms with van der Waals surface area (Å²) in [5.41, 5.74) is 1.38. The van der Waals surface area contributed by atoms with Crippen LogP contribution in [0, 0.1) is 0 Å². The maximum atomic E-state index is 4.66. The van der Waals surface area contributed by atoms with Crippen LogP contribution in [0.2, 0.25) is 0 Å². The van der Waals surface area contributed by atoms with E-state index in [1.165, 1.54) is 36.4 Å². The highest BCUT2D eigenvalue weighted by Gasteiger charge is 2.14. The summed E-state index contributed by atoms with van der Waals surface area (Å²) in [5.74, 6) is 0. The molecule has 0 unspecified atom stereocenters. The lowest BCUT2D eigenvalue weighted by atomic mass is 10.0. The van der Waals surface area contributed by atoms with Gasteiger partial charge in [-0.3, -0.25) is 0 Å². The third-order valence-electron chi connectivity index (χ3n) is 2.45. The van der Waals surface area contributed by atoms with Crippen molar-refractivity contribution in [2.24, 2.45) is 0 Å². The quantitative estimate of drug-likeness (QED) is 0.672. The Balaban J connectivity index is 2.11. The molecule has 0 bridgehead atoms. The van der Waals surface area contributed by atoms with Gasteiger partial charge in [0.05, 0.1) is 10.7 Å². The Bertz CT molecular complexity index is 278. The number of thiazole rings is 1. The third kappa shape index (κ3) is 1.99. The summed E-state index contributed by atoms with van der Waals surface area (Å²) in [4.78, 5) is 6.21. The Labute approximate surface area is 83.5 Å². The first-order chi connectivity index (χ1) is 6.40. The molecule has 0 aliphatic heterocycles. The van der Waals surface area contributed by atoms with E-state index < -0.39 is 0 Å². The molecule has 0 saturated heterocycles. The summed E-state index contributed by atoms with van der Waals surface area (Å²) < 4.78 is 0. The molecule has 0 atom stereocenters. The fourth-order valence-electron chi connectivity index (χ4n) is 1.74. The first-order valence-electron chi connectivity index (χ1n) is 4.98. The van der Waals surface area contributed by atoms with Crippen LogP contribution < -0.4 is 0 Å². The fourth-order valence-corrected chi connectivity index (χ4v) is 2.91. The van der Waals surface area contributed by atoms with Gasteiger partial charge in [0, 0.05) is 11.3 Å². The smallest absolute Gasteiger partial charge is 0.0934 e. The highest BCUT2D eigenvalue weighted by Crippen LogP contribution is 2.27. The van der Waals surface area contributed by atoms with E-state index in [1.807, 2.05) is 17.4 Å². The number of hydrogen-bond donors (Lipinski definition) is 0. The second kappa shape index (κ2) is 4.05. The molecule has 1 aliphatic carbocycles. The van der Waals surface area contributed by atoms with Gasteiger partial charge < -0.3 is 0 Å². The average Bonchev–Trinajstić information content (AvgIpc) is 2.57. The summed E-state index contributed by atoms with van der Waals surface area (Å²) in [6, 6.07) is 0. The Morgan fingerprint density at radius 3 is 3.00 bits per heavy atom. The van der Waals surface area contributed by atoms with Gasteiger partial charge in [0.1, 0.15) is 0 Å². The van der Waals surface area contributed by atoms with Crippen molar-refractivity contribution in [1.82, 2.24) is 4.98 Å². The molecule has 0 fully saturated rings. The Morgan fingerprint density at radius 2 is 2.23 bits per heavy atom. The van der Waals surface area contributed by atoms with Crippen LogP contribution in [0.3, 0.4) is 0 Å². The van der Waals surface area contributed by atoms with Crippen LogP contribution in [0.1, 0.15) is 34.8 Å². The van der Waals surface area contributed by atoms with E-state index in [4.69, 9.17) is 0 Å². The Hall–Kier alpha value is -0.630. The van der Waals surface area contributed by atoms with Crippen molar-refractivity contribution in [1.29, 1.82) is 0 Å². The summed E-state index contributed by atoms with van der Waals surface area (Å²) in [7, 11) is 0. The van der Waals surface area contributed by atoms with Gasteiger partial charge in [-0.05, 0) is 32.1 Å². The van der Waals surface area contributed by atoms with Crippen LogP contribution in [-0.2, 0) is 19.3 Å². The summed E-state index contributed by atoms with van der Waals surface area (Å²) in [6.45, 7) is 3.73. The number of aryl methyl sites for hydroxylation is 3. The zero-order valence-corrected chi connectivity index (χ0v) is 8.70. The zero-order chi connectivity index (χ0) is 9.10. The van der Waals surface area contributed by atoms with E-state index in [9.17, 15) is 0 Å². The van der Waals surface area contributed by atoms with Crippen LogP contribution in [0.25, 0.3) is 0 Å². The molecule has 1 aliphatic rings. The molecule has 0 saturated carbocycles. The lowest BCUT2D eigenvalue weighted by Crippen LogP contribution is -1.99. The average molecular weight is 193 g/mol. The van der Waals surface area contributed by atoms with Crippen molar-refractivity contribution < 1.29 is 0 Å². The van der Waals surface area contributed by atoms with E-state index >= 15 is 0 Å². The van der Waals surface area contributed by atoms with Gasteiger partial charge >= 0.3 is 0 Å². The third-order valence-corrected chi connectivity index (χ3v) is 3.67. The second-order valence-electron chi connectivity index (χ2n) is 3.51. The van der Waals surface area contributed by atoms with Crippen molar-refractivity contribution in [3.05, 3.63) is 28.2 Å². The molecule has 1 heterocycles. The summed E-state index contributed by atoms with van der Waals surface area (Å²) >= 11 is 1.92. The van der Waals surface area contributed by atoms with E-state index in [2.05, 4.69) is 11.6 Å². The Morgan fingerprint density at radius 1 is 1.38 bits per heavy atom. The van der Waals surface area contributed by atoms with Crippen LogP contribution in [0.15, 0.2) is 12.7 Å². The van der Waals surface area contributed by atoms with Crippen molar-refractivity contribution in [2.75, 3.05) is 0 Å². The molecular weight excluding hydrogens is 178 g/mol. The first-order valence-corrected chi connectivity index (χ1v) is 5.80. The normalized spacial score (nSPS) is 15.4. The summed E-state index contributed by atoms with van der Waals surface area (Å²) in [5, 5.41) is 1.31. The van der Waals surface area contributed by atoms with Crippen molar-refractivity contribution in [3.63, 3.8) is 0 Å². The van der Waals surface area contributed by atoms with Gasteiger partial charge in [-0.1, -0.05) is 6.08 Å². The highest BCUT2D eigenvalue weighted by molar-refractivity contribution is 7.11. The monoisotopic (exact) mass is 193 g/mol. The predicted molar refractivity (Wildman–Crippen MR) is 57.3 cm³/mol. The number of allylic oxidation sites excluding steroid dienone is 1. The Kier molecular flexibility index (Phi) is 2.79. The van der Waals surface area contributed by atoms with Gasteiger partial charge in [-0.15, -0.1) is 17.9 Å². The van der Waals surface area contributed by atoms with Crippen molar-refractivity contribution in [2.45, 2.75) is 38.5 Å². The minimum absolute atomic E-state index is 1.06. The first kappa shape index (κ1) is 8.95. The number of aromatic nitrogens is 1. The molecule has 70 valence electrons. The molecule has 1 nitrogen and oxygen atoms in total. The van der Waals surface area contributed by atoms with E-state index in [-0.39, 0.29) is 0 Å². The van der Waals surface area contributed by atoms with Crippen molar-refractivity contribution in [3.8, 4) is 0 Å². The second-order valence-corrected chi connectivity index (χ2v) is 4.68. The van der Waals surface area contributed by atoms with Crippen LogP contribution in [0.5, 0.6) is 0 Å². The molecule has 1 aromatic rings. The largest absolute Gasteiger partial charge is 0.246 e. The van der Waals surface area contributed by atoms with E-state index in [0.717, 1.165) is 12.8 Å². The lowest BCUT2D eigenvalue weighted by molar-refractivity contribution is 0.680. The van der Waals surface area contributed by atoms with Crippen LogP contribution in [-0.4, -0.2) is 4.98 Å². The standard InChI is InChI=1S/C11H15NS/c1-2-3-8-11-12-9-6-4-5-7-10(9)13-11/h2H,1,3-8H2. The number of rotatable bonds is 3. The van der Waals surface area contributed by atoms with Gasteiger partial charge in [0.15, 0.2) is 0 Å². The molecule has 0 aromatic carbocycles. The number of hydrogen-bond acceptors (Lipinski definition) is 2. The minimum atomic E-state index is 1.06. The van der Waals surface area contributed by atoms with Crippen LogP contribution in [0.4, 0.5) is 0 Å². The van der Waals surface area contributed by atoms with Gasteiger partial charge in [-0.25, -0.2) is 4.98 Å². The summed E-state index contributed by atoms with van der Waals surface area (Å²) in [6.07, 6.45) is 9.28. The number of fused-ring (bicyclic) bond motifs is 1. The molecule has 0 radical (unpaired) electrons. The van der Waals surface area contributed by atoms with Gasteiger partial charge in [0.2, 0.25) is 0 Å². The fraction of sp³-hybridized carbons (Fsp3) is 0.545. The van der Waals surface area contributed by atoms with Gasteiger partial charge in [0.25, 0.3) is 0 Å². The molecule has 13 heavy (non-hydrogen) atoms. The SMILES string of the molecule is C=CCCc1nc2c(s1)CCCC2. The molecule has 1 aromatic heterocycles. The van der Waals surface area contributed by atoms with Gasteiger partial charge in [-0.2, -0.15) is 0 Å². The van der Waals surface area contributed by atoms with Crippen LogP contribution >= 0.6 is 11.3 Å². The highest BCUT2D eigenvalue weighted by atomic mass is 32.1. The predicted octanol–water partition coefficient (Wildman–Crippen LogP) is 3.14. The maximum Gasteiger partial charge on any atom is 0.0934 e. The number of nitrogens with zero attached hydrogens (tertiary/aromatic N) is 1. The molecule has 0 N–H and O–H groups in total. The molecule has 0 spiro atoms. The maximum absolute atomic E-state index is 4.66. The molecule has 2 rings (SSSR count). The van der Waals surface area contributed by atoms with Crippen molar-refractivity contribution >= 4 is 11.3 Å². The lowest BCUT2D eigenvalue weighted by Gasteiger charge is -2.06. The zero-order valence-electron chi connectivity index (χ0n) is 7.88. The molecular formula is C11H15NS. The molecule has 2 heteroatoms. The minimum Gasteiger partial charge on any atom is -0.246 e.